The van der Waals surface area contributed by atoms with Gasteiger partial charge in [-0.05, 0) is 61.5 Å². The topological polar surface area (TPSA) is 62.2 Å². The fraction of sp³-hybridized carbons (Fsp3) is 0.625. The molecule has 106 valence electrons. The smallest absolute Gasteiger partial charge is 0.337 e. The number of carboxylic acid groups (broad SMARTS) is 1. The second-order valence-corrected chi connectivity index (χ2v) is 6.56. The fourth-order valence-corrected chi connectivity index (χ4v) is 4.49. The van der Waals surface area contributed by atoms with Crippen molar-refractivity contribution in [1.29, 1.82) is 0 Å². The molecule has 1 aromatic rings. The molecule has 3 aliphatic carbocycles. The summed E-state index contributed by atoms with van der Waals surface area (Å²) in [5.41, 5.74) is 2.57. The highest BCUT2D eigenvalue weighted by atomic mass is 16.4. The average molecular weight is 272 g/mol. The van der Waals surface area contributed by atoms with Crippen molar-refractivity contribution in [1.82, 2.24) is 4.98 Å². The Bertz CT molecular complexity index is 570. The second-order valence-electron chi connectivity index (χ2n) is 6.56. The van der Waals surface area contributed by atoms with Crippen molar-refractivity contribution in [3.8, 4) is 0 Å². The first kappa shape index (κ1) is 12.2. The van der Waals surface area contributed by atoms with E-state index in [9.17, 15) is 9.90 Å². The van der Waals surface area contributed by atoms with Gasteiger partial charge in [-0.3, -0.25) is 0 Å². The lowest BCUT2D eigenvalue weighted by Crippen LogP contribution is -2.27. The Hall–Kier alpha value is -1.58. The zero-order chi connectivity index (χ0) is 13.7. The number of pyridine rings is 1. The molecule has 0 saturated heterocycles. The van der Waals surface area contributed by atoms with Crippen LogP contribution in [0.1, 0.15) is 53.6 Å². The van der Waals surface area contributed by atoms with Crippen LogP contribution in [0.15, 0.2) is 6.20 Å². The summed E-state index contributed by atoms with van der Waals surface area (Å²) in [7, 11) is 0. The van der Waals surface area contributed by atoms with Crippen LogP contribution in [-0.2, 0) is 12.8 Å². The lowest BCUT2D eigenvalue weighted by molar-refractivity contribution is 0.0695. The summed E-state index contributed by atoms with van der Waals surface area (Å²) < 4.78 is 0. The summed E-state index contributed by atoms with van der Waals surface area (Å²) in [4.78, 5) is 15.7. The first-order chi connectivity index (χ1) is 9.72. The highest BCUT2D eigenvalue weighted by Gasteiger charge is 2.40. The number of aromatic carboxylic acids is 1. The van der Waals surface area contributed by atoms with Crippen LogP contribution >= 0.6 is 0 Å². The lowest BCUT2D eigenvalue weighted by Gasteiger charge is -2.24. The number of anilines is 1. The van der Waals surface area contributed by atoms with E-state index in [1.165, 1.54) is 25.7 Å². The van der Waals surface area contributed by atoms with E-state index in [0.29, 0.717) is 11.6 Å². The molecule has 3 atom stereocenters. The van der Waals surface area contributed by atoms with Crippen molar-refractivity contribution in [2.75, 3.05) is 5.32 Å². The summed E-state index contributed by atoms with van der Waals surface area (Å²) >= 11 is 0. The molecule has 4 rings (SSSR count). The Labute approximate surface area is 118 Å². The molecule has 4 heteroatoms. The third kappa shape index (κ3) is 1.81. The van der Waals surface area contributed by atoms with Gasteiger partial charge in [-0.25, -0.2) is 9.78 Å². The highest BCUT2D eigenvalue weighted by molar-refractivity contribution is 5.90. The maximum absolute atomic E-state index is 11.3. The van der Waals surface area contributed by atoms with E-state index in [1.807, 2.05) is 0 Å². The average Bonchev–Trinajstić information content (AvgIpc) is 3.14. The van der Waals surface area contributed by atoms with Gasteiger partial charge < -0.3 is 10.4 Å². The van der Waals surface area contributed by atoms with Gasteiger partial charge in [0.1, 0.15) is 5.82 Å². The summed E-state index contributed by atoms with van der Waals surface area (Å²) in [6.07, 6.45) is 9.81. The third-order valence-electron chi connectivity index (χ3n) is 5.44. The molecule has 0 aliphatic heterocycles. The molecule has 4 nitrogen and oxygen atoms in total. The van der Waals surface area contributed by atoms with Crippen molar-refractivity contribution in [3.05, 3.63) is 22.9 Å². The molecule has 2 N–H and O–H groups in total. The molecule has 0 unspecified atom stereocenters. The minimum Gasteiger partial charge on any atom is -0.478 e. The van der Waals surface area contributed by atoms with Gasteiger partial charge in [0.05, 0.1) is 5.56 Å². The normalized spacial score (nSPS) is 30.5. The Morgan fingerprint density at radius 3 is 2.80 bits per heavy atom. The van der Waals surface area contributed by atoms with Crippen molar-refractivity contribution < 1.29 is 9.90 Å². The zero-order valence-corrected chi connectivity index (χ0v) is 11.6. The predicted molar refractivity (Wildman–Crippen MR) is 76.1 cm³/mol. The number of fused-ring (bicyclic) bond motifs is 3. The van der Waals surface area contributed by atoms with Gasteiger partial charge in [0.15, 0.2) is 0 Å². The van der Waals surface area contributed by atoms with Crippen molar-refractivity contribution >= 4 is 11.8 Å². The molecule has 0 radical (unpaired) electrons. The van der Waals surface area contributed by atoms with Gasteiger partial charge in [-0.15, -0.1) is 0 Å². The van der Waals surface area contributed by atoms with Crippen LogP contribution in [0.5, 0.6) is 0 Å². The molecule has 2 bridgehead atoms. The minimum atomic E-state index is -0.845. The first-order valence-electron chi connectivity index (χ1n) is 7.73. The van der Waals surface area contributed by atoms with Crippen molar-refractivity contribution in [2.24, 2.45) is 11.8 Å². The monoisotopic (exact) mass is 272 g/mol. The van der Waals surface area contributed by atoms with Crippen LogP contribution in [0.2, 0.25) is 0 Å². The van der Waals surface area contributed by atoms with E-state index in [1.54, 1.807) is 6.20 Å². The molecule has 2 saturated carbocycles. The number of nitrogens with one attached hydrogen (secondary N) is 1. The number of aromatic nitrogens is 1. The van der Waals surface area contributed by atoms with Gasteiger partial charge in [0.2, 0.25) is 0 Å². The number of hydrogen-bond donors (Lipinski definition) is 2. The SMILES string of the molecule is O=C(O)c1cnc(N[C@@H]2C[C@H]3CC[C@@H]2C3)c2c1CCC2. The Morgan fingerprint density at radius 2 is 2.10 bits per heavy atom. The Morgan fingerprint density at radius 1 is 1.25 bits per heavy atom. The molecule has 2 fully saturated rings. The lowest BCUT2D eigenvalue weighted by atomic mass is 9.95. The maximum Gasteiger partial charge on any atom is 0.337 e. The van der Waals surface area contributed by atoms with E-state index in [2.05, 4.69) is 10.3 Å². The predicted octanol–water partition coefficient (Wildman–Crippen LogP) is 2.87. The van der Waals surface area contributed by atoms with Gasteiger partial charge in [-0.2, -0.15) is 0 Å². The molecular formula is C16H20N2O2. The molecular weight excluding hydrogens is 252 g/mol. The maximum atomic E-state index is 11.3. The quantitative estimate of drug-likeness (QED) is 0.888. The molecule has 0 amide bonds. The van der Waals surface area contributed by atoms with E-state index in [-0.39, 0.29) is 0 Å². The zero-order valence-electron chi connectivity index (χ0n) is 11.6. The van der Waals surface area contributed by atoms with Crippen LogP contribution in [0.25, 0.3) is 0 Å². The van der Waals surface area contributed by atoms with Gasteiger partial charge in [0, 0.05) is 12.2 Å². The number of carbonyl (C=O) groups is 1. The Kier molecular flexibility index (Phi) is 2.72. The second kappa shape index (κ2) is 4.47. The molecule has 0 aromatic carbocycles. The van der Waals surface area contributed by atoms with E-state index in [4.69, 9.17) is 0 Å². The highest BCUT2D eigenvalue weighted by Crippen LogP contribution is 2.46. The van der Waals surface area contributed by atoms with E-state index < -0.39 is 5.97 Å². The summed E-state index contributed by atoms with van der Waals surface area (Å²) in [6, 6.07) is 0.557. The summed E-state index contributed by atoms with van der Waals surface area (Å²) in [5.74, 6) is 1.82. The van der Waals surface area contributed by atoms with Gasteiger partial charge in [-0.1, -0.05) is 6.42 Å². The summed E-state index contributed by atoms with van der Waals surface area (Å²) in [6.45, 7) is 0. The van der Waals surface area contributed by atoms with Crippen molar-refractivity contribution in [2.45, 2.75) is 51.0 Å². The van der Waals surface area contributed by atoms with Gasteiger partial charge in [0.25, 0.3) is 0 Å². The fourth-order valence-electron chi connectivity index (χ4n) is 4.49. The van der Waals surface area contributed by atoms with E-state index in [0.717, 1.165) is 48.0 Å². The van der Waals surface area contributed by atoms with Crippen LogP contribution in [-0.4, -0.2) is 22.1 Å². The number of hydrogen-bond acceptors (Lipinski definition) is 3. The molecule has 1 aromatic heterocycles. The number of carboxylic acids is 1. The van der Waals surface area contributed by atoms with E-state index >= 15 is 0 Å². The molecule has 0 spiro atoms. The van der Waals surface area contributed by atoms with Crippen LogP contribution < -0.4 is 5.32 Å². The molecule has 1 heterocycles. The Balaban J connectivity index is 1.63. The molecule has 20 heavy (non-hydrogen) atoms. The first-order valence-corrected chi connectivity index (χ1v) is 7.73. The molecule has 3 aliphatic rings. The largest absolute Gasteiger partial charge is 0.478 e. The number of rotatable bonds is 3. The van der Waals surface area contributed by atoms with Crippen molar-refractivity contribution in [3.63, 3.8) is 0 Å². The van der Waals surface area contributed by atoms with Crippen LogP contribution in [0.4, 0.5) is 5.82 Å². The summed E-state index contributed by atoms with van der Waals surface area (Å²) in [5, 5.41) is 12.9. The van der Waals surface area contributed by atoms with Crippen LogP contribution in [0.3, 0.4) is 0 Å². The number of nitrogens with zero attached hydrogens (tertiary/aromatic N) is 1. The minimum absolute atomic E-state index is 0.399. The van der Waals surface area contributed by atoms with Gasteiger partial charge >= 0.3 is 5.97 Å². The van der Waals surface area contributed by atoms with Crippen LogP contribution in [0, 0.1) is 11.8 Å². The standard InChI is InChI=1S/C16H20N2O2/c19-16(20)13-8-17-15(12-3-1-2-11(12)13)18-14-7-9-4-5-10(14)6-9/h8-10,14H,1-7H2,(H,17,18)(H,19,20)/t9-,10+,14+/m0/s1. The third-order valence-corrected chi connectivity index (χ3v) is 5.44.